The van der Waals surface area contributed by atoms with Crippen molar-refractivity contribution >= 4 is 16.7 Å². The molecule has 11 rings (SSSR count). The maximum absolute atomic E-state index is 6.80. The number of hydrogen-bond donors (Lipinski definition) is 0. The second-order valence-corrected chi connectivity index (χ2v) is 17.9. The average molecular weight is 837 g/mol. The molecule has 0 amide bonds. The molecule has 3 aliphatic carbocycles. The summed E-state index contributed by atoms with van der Waals surface area (Å²) in [5.74, 6) is 5.70. The van der Waals surface area contributed by atoms with Crippen molar-refractivity contribution in [1.29, 1.82) is 0 Å². The molecule has 0 radical (unpaired) electrons. The minimum Gasteiger partial charge on any atom is -0.457 e. The topological polar surface area (TPSA) is 35.0 Å². The fraction of sp³-hybridized carbons (Fsp3) is 0.129. The smallest absolute Gasteiger partial charge is 0.160 e. The lowest BCUT2D eigenvalue weighted by molar-refractivity contribution is 0.436. The molecule has 312 valence electrons. The fourth-order valence-electron chi connectivity index (χ4n) is 10.8. The summed E-state index contributed by atoms with van der Waals surface area (Å²) in [6, 6.07) is 56.1. The van der Waals surface area contributed by atoms with Gasteiger partial charge in [-0.25, -0.2) is 9.97 Å². The first-order valence-electron chi connectivity index (χ1n) is 22.6. The van der Waals surface area contributed by atoms with Crippen LogP contribution in [0.3, 0.4) is 0 Å². The van der Waals surface area contributed by atoms with Crippen molar-refractivity contribution in [2.24, 2.45) is 5.92 Å². The number of allylic oxidation sites excluding steroid dienone is 12. The predicted molar refractivity (Wildman–Crippen MR) is 267 cm³/mol. The second kappa shape index (κ2) is 16.1. The molecular formula is C62H48N2O. The van der Waals surface area contributed by atoms with E-state index in [1.165, 1.54) is 33.4 Å². The summed E-state index contributed by atoms with van der Waals surface area (Å²) >= 11 is 0. The summed E-state index contributed by atoms with van der Waals surface area (Å²) in [4.78, 5) is 11.1. The van der Waals surface area contributed by atoms with Crippen molar-refractivity contribution in [2.45, 2.75) is 43.9 Å². The highest BCUT2D eigenvalue weighted by Crippen LogP contribution is 2.61. The molecule has 65 heavy (non-hydrogen) atoms. The molecule has 0 saturated carbocycles. The summed E-state index contributed by atoms with van der Waals surface area (Å²) in [6.45, 7) is 6.81. The molecular weight excluding hydrogens is 789 g/mol. The van der Waals surface area contributed by atoms with Crippen LogP contribution >= 0.6 is 0 Å². The highest BCUT2D eigenvalue weighted by atomic mass is 16.5. The van der Waals surface area contributed by atoms with Gasteiger partial charge in [-0.1, -0.05) is 190 Å². The molecule has 4 atom stereocenters. The van der Waals surface area contributed by atoms with Gasteiger partial charge in [0.15, 0.2) is 5.82 Å². The number of hydrogen-bond acceptors (Lipinski definition) is 3. The first kappa shape index (κ1) is 40.0. The molecule has 1 spiro atoms. The lowest BCUT2D eigenvalue weighted by Gasteiger charge is -2.40. The van der Waals surface area contributed by atoms with E-state index in [1.807, 2.05) is 12.1 Å². The number of benzene rings is 6. The van der Waals surface area contributed by atoms with Crippen LogP contribution in [0.4, 0.5) is 0 Å². The van der Waals surface area contributed by atoms with E-state index < -0.39 is 10.8 Å². The van der Waals surface area contributed by atoms with Crippen LogP contribution in [0.1, 0.15) is 77.9 Å². The van der Waals surface area contributed by atoms with E-state index in [-0.39, 0.29) is 5.92 Å². The number of nitrogens with zero attached hydrogens (tertiary/aromatic N) is 2. The van der Waals surface area contributed by atoms with E-state index in [4.69, 9.17) is 21.1 Å². The third kappa shape index (κ3) is 6.68. The second-order valence-electron chi connectivity index (χ2n) is 17.9. The fourth-order valence-corrected chi connectivity index (χ4v) is 10.8. The highest BCUT2D eigenvalue weighted by Gasteiger charge is 2.51. The van der Waals surface area contributed by atoms with Crippen LogP contribution in [-0.4, -0.2) is 9.97 Å². The van der Waals surface area contributed by atoms with Crippen LogP contribution in [-0.2, 0) is 10.8 Å². The minimum absolute atomic E-state index is 0.220. The minimum atomic E-state index is -0.662. The van der Waals surface area contributed by atoms with Gasteiger partial charge in [-0.05, 0) is 111 Å². The normalized spacial score (nSPS) is 21.6. The lowest BCUT2D eigenvalue weighted by Crippen LogP contribution is -2.33. The Morgan fingerprint density at radius 1 is 0.708 bits per heavy atom. The van der Waals surface area contributed by atoms with E-state index in [9.17, 15) is 0 Å². The van der Waals surface area contributed by atoms with E-state index in [0.717, 1.165) is 68.3 Å². The Hall–Kier alpha value is -7.80. The maximum atomic E-state index is 6.80. The van der Waals surface area contributed by atoms with Gasteiger partial charge in [0.25, 0.3) is 0 Å². The van der Waals surface area contributed by atoms with E-state index in [0.29, 0.717) is 11.7 Å². The molecule has 0 fully saturated rings. The maximum Gasteiger partial charge on any atom is 0.160 e. The van der Waals surface area contributed by atoms with Gasteiger partial charge in [0.05, 0.1) is 16.8 Å². The molecule has 3 heteroatoms. The van der Waals surface area contributed by atoms with Gasteiger partial charge in [0.2, 0.25) is 0 Å². The van der Waals surface area contributed by atoms with Crippen LogP contribution in [0.5, 0.6) is 11.5 Å². The molecule has 1 aliphatic heterocycles. The molecule has 4 unspecified atom stereocenters. The summed E-state index contributed by atoms with van der Waals surface area (Å²) in [5, 5.41) is 0. The average Bonchev–Trinajstić information content (AvgIpc) is 3.60. The molecule has 6 aromatic carbocycles. The SMILES string of the molecule is C#C/C=C\C1=C(C)c2ccccc2C12c1ccccc1Oc1ccc(-c3ccccc3-c3nc(C4=CC(c5ccccc5)C(C)C=C4)cc(C4(C)C=CC=C(c5ccccc5)C4)n3)cc12. The van der Waals surface area contributed by atoms with Crippen molar-refractivity contribution in [2.75, 3.05) is 0 Å². The molecule has 7 aromatic rings. The first-order chi connectivity index (χ1) is 31.9. The van der Waals surface area contributed by atoms with Gasteiger partial charge >= 0.3 is 0 Å². The zero-order valence-corrected chi connectivity index (χ0v) is 36.9. The van der Waals surface area contributed by atoms with Crippen molar-refractivity contribution in [1.82, 2.24) is 9.97 Å². The Morgan fingerprint density at radius 3 is 2.20 bits per heavy atom. The third-order valence-electron chi connectivity index (χ3n) is 14.0. The van der Waals surface area contributed by atoms with Gasteiger partial charge in [-0.15, -0.1) is 6.42 Å². The van der Waals surface area contributed by atoms with Crippen LogP contribution in [0.15, 0.2) is 212 Å². The number of para-hydroxylation sites is 1. The van der Waals surface area contributed by atoms with Crippen LogP contribution in [0, 0.1) is 18.3 Å². The third-order valence-corrected chi connectivity index (χ3v) is 14.0. The quantitative estimate of drug-likeness (QED) is 0.150. The Labute approximate surface area is 382 Å². The van der Waals surface area contributed by atoms with Crippen molar-refractivity contribution in [3.63, 3.8) is 0 Å². The van der Waals surface area contributed by atoms with Crippen molar-refractivity contribution < 1.29 is 4.74 Å². The number of ether oxygens (including phenoxy) is 1. The number of aromatic nitrogens is 2. The van der Waals surface area contributed by atoms with Crippen molar-refractivity contribution in [3.8, 4) is 46.4 Å². The molecule has 3 nitrogen and oxygen atoms in total. The summed E-state index contributed by atoms with van der Waals surface area (Å²) < 4.78 is 6.80. The monoisotopic (exact) mass is 836 g/mol. The zero-order valence-electron chi connectivity index (χ0n) is 36.9. The Bertz CT molecular complexity index is 3270. The summed E-state index contributed by atoms with van der Waals surface area (Å²) in [6.07, 6.45) is 24.4. The summed E-state index contributed by atoms with van der Waals surface area (Å²) in [7, 11) is 0. The lowest BCUT2D eigenvalue weighted by atomic mass is 9.65. The predicted octanol–water partition coefficient (Wildman–Crippen LogP) is 14.9. The van der Waals surface area contributed by atoms with Crippen LogP contribution in [0.25, 0.3) is 39.2 Å². The van der Waals surface area contributed by atoms with Gasteiger partial charge < -0.3 is 4.74 Å². The van der Waals surface area contributed by atoms with Gasteiger partial charge in [0, 0.05) is 28.0 Å². The molecule has 4 aliphatic rings. The standard InChI is InChI=1S/C62H48N2O/c1-5-6-28-52-42(3)48-25-15-16-29-53(48)62(52)54-30-17-18-31-57(54)65-58-35-34-45(38-55(58)62)49-26-13-14-27-50(49)60-63-56(46-33-32-41(2)51(37-46)44-22-11-8-12-23-44)39-59(64-60)61(4)36-19-24-47(40-61)43-20-9-7-10-21-43/h1,6-39,41,51H,40H2,2-4H3/b28-6-. The van der Waals surface area contributed by atoms with Gasteiger partial charge in [-0.2, -0.15) is 0 Å². The molecule has 2 heterocycles. The highest BCUT2D eigenvalue weighted by molar-refractivity contribution is 5.91. The number of fused-ring (bicyclic) bond motifs is 6. The first-order valence-corrected chi connectivity index (χ1v) is 22.6. The molecule has 0 saturated heterocycles. The van der Waals surface area contributed by atoms with Crippen LogP contribution in [0.2, 0.25) is 0 Å². The molecule has 1 aromatic heterocycles. The number of rotatable bonds is 7. The Kier molecular flexibility index (Phi) is 9.90. The molecule has 0 N–H and O–H groups in total. The largest absolute Gasteiger partial charge is 0.457 e. The number of terminal acetylenes is 1. The van der Waals surface area contributed by atoms with E-state index in [1.54, 1.807) is 0 Å². The van der Waals surface area contributed by atoms with Crippen LogP contribution < -0.4 is 4.74 Å². The Balaban J connectivity index is 1.10. The van der Waals surface area contributed by atoms with Gasteiger partial charge in [0.1, 0.15) is 11.5 Å². The van der Waals surface area contributed by atoms with E-state index >= 15 is 0 Å². The van der Waals surface area contributed by atoms with E-state index in [2.05, 4.69) is 221 Å². The zero-order chi connectivity index (χ0) is 44.1. The van der Waals surface area contributed by atoms with Gasteiger partial charge in [-0.3, -0.25) is 0 Å². The summed E-state index contributed by atoms with van der Waals surface area (Å²) in [5.41, 5.74) is 15.7. The molecule has 0 bridgehead atoms. The Morgan fingerprint density at radius 2 is 1.40 bits per heavy atom. The van der Waals surface area contributed by atoms with Crippen molar-refractivity contribution in [3.05, 3.63) is 257 Å².